The lowest BCUT2D eigenvalue weighted by Crippen LogP contribution is -2.02. The van der Waals surface area contributed by atoms with Gasteiger partial charge in [-0.25, -0.2) is 9.97 Å². The van der Waals surface area contributed by atoms with Gasteiger partial charge in [-0.15, -0.1) is 0 Å². The van der Waals surface area contributed by atoms with Crippen molar-refractivity contribution in [2.45, 2.75) is 13.8 Å². The van der Waals surface area contributed by atoms with E-state index in [0.717, 1.165) is 6.54 Å². The summed E-state index contributed by atoms with van der Waals surface area (Å²) < 4.78 is 0. The monoisotopic (exact) mass is 197 g/mol. The molecule has 3 nitrogen and oxygen atoms in total. The van der Waals surface area contributed by atoms with Gasteiger partial charge >= 0.3 is 0 Å². The molecule has 1 aromatic heterocycles. The molecule has 1 aromatic rings. The molecule has 13 heavy (non-hydrogen) atoms. The van der Waals surface area contributed by atoms with E-state index in [-0.39, 0.29) is 0 Å². The molecule has 0 fully saturated rings. The summed E-state index contributed by atoms with van der Waals surface area (Å²) in [5.41, 5.74) is 1.27. The van der Waals surface area contributed by atoms with Crippen molar-refractivity contribution in [2.24, 2.45) is 0 Å². The highest BCUT2D eigenvalue weighted by atomic mass is 35.5. The number of rotatable bonds is 3. The molecular weight excluding hydrogens is 186 g/mol. The van der Waals surface area contributed by atoms with Crippen molar-refractivity contribution in [2.75, 3.05) is 11.9 Å². The van der Waals surface area contributed by atoms with Crippen molar-refractivity contribution in [3.8, 4) is 0 Å². The Kier molecular flexibility index (Phi) is 3.71. The van der Waals surface area contributed by atoms with E-state index in [0.29, 0.717) is 11.0 Å². The molecule has 1 rings (SSSR count). The number of nitrogens with zero attached hydrogens (tertiary/aromatic N) is 2. The predicted molar refractivity (Wildman–Crippen MR) is 55.0 cm³/mol. The zero-order valence-electron chi connectivity index (χ0n) is 7.71. The fraction of sp³-hybridized carbons (Fsp3) is 0.333. The molecule has 0 aliphatic carbocycles. The van der Waals surface area contributed by atoms with Gasteiger partial charge in [0, 0.05) is 6.54 Å². The molecule has 0 spiro atoms. The Morgan fingerprint density at radius 3 is 2.62 bits per heavy atom. The first-order valence-corrected chi connectivity index (χ1v) is 4.41. The number of hydrogen-bond acceptors (Lipinski definition) is 3. The normalized spacial score (nSPS) is 9.46. The van der Waals surface area contributed by atoms with Crippen LogP contribution in [-0.4, -0.2) is 16.5 Å². The first-order chi connectivity index (χ1) is 6.18. The van der Waals surface area contributed by atoms with Gasteiger partial charge in [0.15, 0.2) is 0 Å². The first kappa shape index (κ1) is 9.99. The van der Waals surface area contributed by atoms with Gasteiger partial charge in [0.2, 0.25) is 5.95 Å². The van der Waals surface area contributed by atoms with Crippen molar-refractivity contribution >= 4 is 17.5 Å². The van der Waals surface area contributed by atoms with Gasteiger partial charge in [0.1, 0.15) is 0 Å². The fourth-order valence-corrected chi connectivity index (χ4v) is 0.848. The van der Waals surface area contributed by atoms with Crippen LogP contribution in [0.2, 0.25) is 5.02 Å². The molecule has 0 saturated carbocycles. The third-order valence-corrected chi connectivity index (χ3v) is 1.59. The molecule has 0 radical (unpaired) electrons. The topological polar surface area (TPSA) is 37.8 Å². The van der Waals surface area contributed by atoms with Gasteiger partial charge in [0.05, 0.1) is 17.4 Å². The SMILES string of the molecule is CC(C)=CCNc1ncc(Cl)cn1. The number of aromatic nitrogens is 2. The van der Waals surface area contributed by atoms with Crippen molar-refractivity contribution in [3.63, 3.8) is 0 Å². The minimum absolute atomic E-state index is 0.549. The van der Waals surface area contributed by atoms with Crippen molar-refractivity contribution in [1.29, 1.82) is 0 Å². The Labute approximate surface area is 82.9 Å². The molecule has 0 aromatic carbocycles. The van der Waals surface area contributed by atoms with Crippen LogP contribution in [0.1, 0.15) is 13.8 Å². The van der Waals surface area contributed by atoms with Crippen molar-refractivity contribution in [1.82, 2.24) is 9.97 Å². The maximum atomic E-state index is 5.63. The lowest BCUT2D eigenvalue weighted by atomic mass is 10.3. The molecule has 0 atom stereocenters. The van der Waals surface area contributed by atoms with Crippen molar-refractivity contribution in [3.05, 3.63) is 29.1 Å². The van der Waals surface area contributed by atoms with Crippen LogP contribution in [0, 0.1) is 0 Å². The maximum absolute atomic E-state index is 5.63. The number of hydrogen-bond donors (Lipinski definition) is 1. The zero-order chi connectivity index (χ0) is 9.68. The third-order valence-electron chi connectivity index (χ3n) is 1.39. The molecule has 4 heteroatoms. The molecule has 0 aliphatic heterocycles. The van der Waals surface area contributed by atoms with Crippen LogP contribution in [0.3, 0.4) is 0 Å². The van der Waals surface area contributed by atoms with Crippen LogP contribution in [0.5, 0.6) is 0 Å². The standard InChI is InChI=1S/C9H12ClN3/c1-7(2)3-4-11-9-12-5-8(10)6-13-9/h3,5-6H,4H2,1-2H3,(H,11,12,13). The summed E-state index contributed by atoms with van der Waals surface area (Å²) in [4.78, 5) is 7.98. The molecule has 0 saturated heterocycles. The summed E-state index contributed by atoms with van der Waals surface area (Å²) in [6.45, 7) is 4.83. The van der Waals surface area contributed by atoms with Gasteiger partial charge in [-0.1, -0.05) is 23.3 Å². The quantitative estimate of drug-likeness (QED) is 0.757. The van der Waals surface area contributed by atoms with Crippen LogP contribution in [0.25, 0.3) is 0 Å². The van der Waals surface area contributed by atoms with E-state index < -0.39 is 0 Å². The zero-order valence-corrected chi connectivity index (χ0v) is 8.47. The Morgan fingerprint density at radius 2 is 2.08 bits per heavy atom. The lowest BCUT2D eigenvalue weighted by molar-refractivity contribution is 1.11. The van der Waals surface area contributed by atoms with E-state index in [1.807, 2.05) is 13.8 Å². The number of nitrogens with one attached hydrogen (secondary N) is 1. The molecule has 0 unspecified atom stereocenters. The molecular formula is C9H12ClN3. The third kappa shape index (κ3) is 3.90. The van der Waals surface area contributed by atoms with Gasteiger partial charge in [-0.05, 0) is 13.8 Å². The van der Waals surface area contributed by atoms with Crippen LogP contribution < -0.4 is 5.32 Å². The number of halogens is 1. The summed E-state index contributed by atoms with van der Waals surface area (Å²) in [5, 5.41) is 3.59. The van der Waals surface area contributed by atoms with E-state index in [9.17, 15) is 0 Å². The van der Waals surface area contributed by atoms with E-state index in [4.69, 9.17) is 11.6 Å². The molecule has 0 bridgehead atoms. The van der Waals surface area contributed by atoms with E-state index in [1.54, 1.807) is 12.4 Å². The average molecular weight is 198 g/mol. The van der Waals surface area contributed by atoms with Crippen LogP contribution in [-0.2, 0) is 0 Å². The minimum Gasteiger partial charge on any atom is -0.351 e. The summed E-state index contributed by atoms with van der Waals surface area (Å²) in [7, 11) is 0. The second-order valence-electron chi connectivity index (χ2n) is 2.89. The predicted octanol–water partition coefficient (Wildman–Crippen LogP) is 2.51. The largest absolute Gasteiger partial charge is 0.351 e. The number of anilines is 1. The van der Waals surface area contributed by atoms with E-state index in [2.05, 4.69) is 21.4 Å². The highest BCUT2D eigenvalue weighted by molar-refractivity contribution is 6.30. The highest BCUT2D eigenvalue weighted by Crippen LogP contribution is 2.05. The maximum Gasteiger partial charge on any atom is 0.222 e. The Hall–Kier alpha value is -1.09. The second kappa shape index (κ2) is 4.82. The molecule has 1 heterocycles. The van der Waals surface area contributed by atoms with Crippen molar-refractivity contribution < 1.29 is 0 Å². The summed E-state index contributed by atoms with van der Waals surface area (Å²) in [5.74, 6) is 0.599. The van der Waals surface area contributed by atoms with Gasteiger partial charge in [-0.2, -0.15) is 0 Å². The summed E-state index contributed by atoms with van der Waals surface area (Å²) in [6.07, 6.45) is 5.21. The smallest absolute Gasteiger partial charge is 0.222 e. The molecule has 1 N–H and O–H groups in total. The highest BCUT2D eigenvalue weighted by Gasteiger charge is 1.92. The van der Waals surface area contributed by atoms with Crippen LogP contribution in [0.15, 0.2) is 24.0 Å². The summed E-state index contributed by atoms with van der Waals surface area (Å²) in [6, 6.07) is 0. The van der Waals surface area contributed by atoms with Gasteiger partial charge in [0.25, 0.3) is 0 Å². The van der Waals surface area contributed by atoms with Crippen LogP contribution in [0.4, 0.5) is 5.95 Å². The average Bonchev–Trinajstić information content (AvgIpc) is 2.08. The fourth-order valence-electron chi connectivity index (χ4n) is 0.750. The Bertz CT molecular complexity index is 288. The molecule has 0 aliphatic rings. The van der Waals surface area contributed by atoms with E-state index in [1.165, 1.54) is 5.57 Å². The Balaban J connectivity index is 2.46. The first-order valence-electron chi connectivity index (χ1n) is 4.03. The van der Waals surface area contributed by atoms with E-state index >= 15 is 0 Å². The summed E-state index contributed by atoms with van der Waals surface area (Å²) >= 11 is 5.63. The second-order valence-corrected chi connectivity index (χ2v) is 3.32. The Morgan fingerprint density at radius 1 is 1.46 bits per heavy atom. The lowest BCUT2D eigenvalue weighted by Gasteiger charge is -2.00. The number of allylic oxidation sites excluding steroid dienone is 1. The molecule has 0 amide bonds. The molecule has 70 valence electrons. The minimum atomic E-state index is 0.549. The van der Waals surface area contributed by atoms with Gasteiger partial charge in [-0.3, -0.25) is 0 Å². The van der Waals surface area contributed by atoms with Gasteiger partial charge < -0.3 is 5.32 Å². The van der Waals surface area contributed by atoms with Crippen LogP contribution >= 0.6 is 11.6 Å².